The van der Waals surface area contributed by atoms with Gasteiger partial charge in [0.2, 0.25) is 0 Å². The summed E-state index contributed by atoms with van der Waals surface area (Å²) in [6.07, 6.45) is 6.16. The van der Waals surface area contributed by atoms with Crippen LogP contribution in [0.15, 0.2) is 11.6 Å². The summed E-state index contributed by atoms with van der Waals surface area (Å²) in [5.74, 6) is 0.898. The molecule has 0 aromatic heterocycles. The molecule has 0 rings (SSSR count). The summed E-state index contributed by atoms with van der Waals surface area (Å²) < 4.78 is 0. The number of allylic oxidation sites excluding steroid dienone is 2. The van der Waals surface area contributed by atoms with E-state index in [-0.39, 0.29) is 0 Å². The molecule has 0 nitrogen and oxygen atoms in total. The maximum absolute atomic E-state index is 2.32. The van der Waals surface area contributed by atoms with Crippen LogP contribution in [0, 0.1) is 5.92 Å². The van der Waals surface area contributed by atoms with E-state index in [2.05, 4.69) is 33.8 Å². The van der Waals surface area contributed by atoms with Crippen molar-refractivity contribution in [2.24, 2.45) is 5.92 Å². The minimum atomic E-state index is 0.898. The van der Waals surface area contributed by atoms with Gasteiger partial charge in [-0.3, -0.25) is 0 Å². The van der Waals surface area contributed by atoms with Gasteiger partial charge >= 0.3 is 0 Å². The quantitative estimate of drug-likeness (QED) is 0.521. The zero-order valence-electron chi connectivity index (χ0n) is 7.78. The highest BCUT2D eigenvalue weighted by Crippen LogP contribution is 2.13. The highest BCUT2D eigenvalue weighted by molar-refractivity contribution is 4.95. The molecule has 0 aromatic rings. The molecule has 0 N–H and O–H groups in total. The Morgan fingerprint density at radius 2 is 2.10 bits per heavy atom. The fourth-order valence-corrected chi connectivity index (χ4v) is 0.823. The maximum atomic E-state index is 2.32. The van der Waals surface area contributed by atoms with Gasteiger partial charge in [0, 0.05) is 0 Å². The molecule has 0 aliphatic rings. The summed E-state index contributed by atoms with van der Waals surface area (Å²) in [5, 5.41) is 0. The third-order valence-electron chi connectivity index (χ3n) is 2.22. The van der Waals surface area contributed by atoms with Gasteiger partial charge in [0.25, 0.3) is 0 Å². The molecule has 0 fully saturated rings. The summed E-state index contributed by atoms with van der Waals surface area (Å²) in [4.78, 5) is 0. The van der Waals surface area contributed by atoms with E-state index in [0.717, 1.165) is 5.92 Å². The van der Waals surface area contributed by atoms with Gasteiger partial charge in [0.05, 0.1) is 0 Å². The Labute approximate surface area is 65.3 Å². The number of hydrogen-bond donors (Lipinski definition) is 0. The molecule has 1 unspecified atom stereocenters. The van der Waals surface area contributed by atoms with E-state index in [9.17, 15) is 0 Å². The Kier molecular flexibility index (Phi) is 5.38. The second-order valence-electron chi connectivity index (χ2n) is 3.19. The molecule has 0 bridgehead atoms. The van der Waals surface area contributed by atoms with Crippen molar-refractivity contribution < 1.29 is 0 Å². The standard InChI is InChI=1S/C10H20/c1-5-9(3)7-8-10(4)6-2/h5,10H,6-8H2,1-4H3. The van der Waals surface area contributed by atoms with Crippen LogP contribution in [-0.2, 0) is 0 Å². The van der Waals surface area contributed by atoms with Crippen LogP contribution >= 0.6 is 0 Å². The van der Waals surface area contributed by atoms with Gasteiger partial charge in [-0.25, -0.2) is 0 Å². The molecule has 0 aromatic carbocycles. The first-order chi connectivity index (χ1) is 4.70. The average Bonchev–Trinajstić information content (AvgIpc) is 1.99. The summed E-state index contributed by atoms with van der Waals surface area (Å²) in [7, 11) is 0. The van der Waals surface area contributed by atoms with E-state index in [1.165, 1.54) is 24.8 Å². The van der Waals surface area contributed by atoms with Gasteiger partial charge in [-0.05, 0) is 32.6 Å². The minimum Gasteiger partial charge on any atom is -0.0887 e. The van der Waals surface area contributed by atoms with Crippen molar-refractivity contribution in [3.05, 3.63) is 11.6 Å². The summed E-state index contributed by atoms with van der Waals surface area (Å²) >= 11 is 0. The molecule has 10 heavy (non-hydrogen) atoms. The molecule has 1 atom stereocenters. The smallest absolute Gasteiger partial charge is 0.0321 e. The summed E-state index contributed by atoms with van der Waals surface area (Å²) in [6.45, 7) is 8.91. The van der Waals surface area contributed by atoms with Crippen LogP contribution in [0.25, 0.3) is 0 Å². The molecule has 0 heterocycles. The van der Waals surface area contributed by atoms with E-state index in [1.54, 1.807) is 0 Å². The molecule has 60 valence electrons. The zero-order valence-corrected chi connectivity index (χ0v) is 7.78. The molecular formula is C10H20. The van der Waals surface area contributed by atoms with Gasteiger partial charge in [0.15, 0.2) is 0 Å². The van der Waals surface area contributed by atoms with Crippen LogP contribution in [0.1, 0.15) is 47.0 Å². The van der Waals surface area contributed by atoms with Crippen LogP contribution in [0.4, 0.5) is 0 Å². The molecule has 0 amide bonds. The fraction of sp³-hybridized carbons (Fsp3) is 0.800. The topological polar surface area (TPSA) is 0 Å². The SMILES string of the molecule is CC=C(C)CCC(C)CC. The van der Waals surface area contributed by atoms with Crippen LogP contribution in [0.3, 0.4) is 0 Å². The van der Waals surface area contributed by atoms with Gasteiger partial charge in [-0.1, -0.05) is 31.9 Å². The molecule has 0 saturated carbocycles. The summed E-state index contributed by atoms with van der Waals surface area (Å²) in [5.41, 5.74) is 1.53. The van der Waals surface area contributed by atoms with Crippen molar-refractivity contribution >= 4 is 0 Å². The van der Waals surface area contributed by atoms with E-state index in [4.69, 9.17) is 0 Å². The van der Waals surface area contributed by atoms with Crippen molar-refractivity contribution in [2.45, 2.75) is 47.0 Å². The first kappa shape index (κ1) is 9.74. The predicted octanol–water partition coefficient (Wildman–Crippen LogP) is 3.78. The Balaban J connectivity index is 3.35. The van der Waals surface area contributed by atoms with E-state index in [1.807, 2.05) is 0 Å². The van der Waals surface area contributed by atoms with E-state index >= 15 is 0 Å². The third kappa shape index (κ3) is 4.60. The predicted molar refractivity (Wildman–Crippen MR) is 48.1 cm³/mol. The number of hydrogen-bond acceptors (Lipinski definition) is 0. The molecular weight excluding hydrogens is 120 g/mol. The first-order valence-electron chi connectivity index (χ1n) is 4.32. The maximum Gasteiger partial charge on any atom is -0.0321 e. The highest BCUT2D eigenvalue weighted by atomic mass is 14.0. The molecule has 0 saturated heterocycles. The van der Waals surface area contributed by atoms with Crippen molar-refractivity contribution in [3.63, 3.8) is 0 Å². The lowest BCUT2D eigenvalue weighted by molar-refractivity contribution is 0.515. The van der Waals surface area contributed by atoms with E-state index < -0.39 is 0 Å². The van der Waals surface area contributed by atoms with E-state index in [0.29, 0.717) is 0 Å². The van der Waals surface area contributed by atoms with Gasteiger partial charge in [-0.2, -0.15) is 0 Å². The highest BCUT2D eigenvalue weighted by Gasteiger charge is 1.97. The molecule has 0 radical (unpaired) electrons. The zero-order chi connectivity index (χ0) is 7.98. The van der Waals surface area contributed by atoms with Crippen LogP contribution in [0.2, 0.25) is 0 Å². The monoisotopic (exact) mass is 140 g/mol. The van der Waals surface area contributed by atoms with Crippen LogP contribution in [-0.4, -0.2) is 0 Å². The lowest BCUT2D eigenvalue weighted by atomic mass is 10.00. The summed E-state index contributed by atoms with van der Waals surface area (Å²) in [6, 6.07) is 0. The molecule has 0 aliphatic heterocycles. The van der Waals surface area contributed by atoms with Crippen molar-refractivity contribution in [2.75, 3.05) is 0 Å². The third-order valence-corrected chi connectivity index (χ3v) is 2.22. The Morgan fingerprint density at radius 3 is 2.50 bits per heavy atom. The van der Waals surface area contributed by atoms with Gasteiger partial charge < -0.3 is 0 Å². The Hall–Kier alpha value is -0.260. The Bertz CT molecular complexity index is 101. The Morgan fingerprint density at radius 1 is 1.50 bits per heavy atom. The normalized spacial score (nSPS) is 15.4. The van der Waals surface area contributed by atoms with Crippen molar-refractivity contribution in [1.82, 2.24) is 0 Å². The van der Waals surface area contributed by atoms with Gasteiger partial charge in [-0.15, -0.1) is 0 Å². The number of rotatable bonds is 4. The molecule has 0 spiro atoms. The van der Waals surface area contributed by atoms with Crippen molar-refractivity contribution in [1.29, 1.82) is 0 Å². The minimum absolute atomic E-state index is 0.898. The fourth-order valence-electron chi connectivity index (χ4n) is 0.823. The first-order valence-corrected chi connectivity index (χ1v) is 4.32. The molecule has 0 aliphatic carbocycles. The van der Waals surface area contributed by atoms with Crippen LogP contribution < -0.4 is 0 Å². The lowest BCUT2D eigenvalue weighted by Crippen LogP contribution is -1.91. The van der Waals surface area contributed by atoms with Crippen molar-refractivity contribution in [3.8, 4) is 0 Å². The second-order valence-corrected chi connectivity index (χ2v) is 3.19. The largest absolute Gasteiger partial charge is 0.0887 e. The lowest BCUT2D eigenvalue weighted by Gasteiger charge is -2.06. The second kappa shape index (κ2) is 5.52. The average molecular weight is 140 g/mol. The molecule has 0 heteroatoms. The van der Waals surface area contributed by atoms with Crippen LogP contribution in [0.5, 0.6) is 0 Å². The van der Waals surface area contributed by atoms with Gasteiger partial charge in [0.1, 0.15) is 0 Å².